The standard InChI is InChI=1S/C16H13FOS/c17-15-7-2-8-16(11-15)19-12-14-5-1-4-13(10-14)6-3-9-18/h1-2,4-5,7-8,10-11,18H,9,12H2. The summed E-state index contributed by atoms with van der Waals surface area (Å²) in [4.78, 5) is 0.909. The summed E-state index contributed by atoms with van der Waals surface area (Å²) in [5.41, 5.74) is 2.00. The van der Waals surface area contributed by atoms with Gasteiger partial charge in [0.15, 0.2) is 0 Å². The first-order chi connectivity index (χ1) is 9.28. The quantitative estimate of drug-likeness (QED) is 0.682. The maximum absolute atomic E-state index is 13.0. The highest BCUT2D eigenvalue weighted by molar-refractivity contribution is 7.98. The number of aliphatic hydroxyl groups is 1. The predicted molar refractivity (Wildman–Crippen MR) is 76.4 cm³/mol. The van der Waals surface area contributed by atoms with E-state index in [0.29, 0.717) is 0 Å². The van der Waals surface area contributed by atoms with Crippen molar-refractivity contribution in [1.82, 2.24) is 0 Å². The van der Waals surface area contributed by atoms with E-state index in [1.165, 1.54) is 12.1 Å². The van der Waals surface area contributed by atoms with Crippen LogP contribution >= 0.6 is 11.8 Å². The lowest BCUT2D eigenvalue weighted by Crippen LogP contribution is -1.84. The molecule has 0 spiro atoms. The first-order valence-corrected chi connectivity index (χ1v) is 6.83. The van der Waals surface area contributed by atoms with Crippen LogP contribution in [0.4, 0.5) is 4.39 Å². The van der Waals surface area contributed by atoms with Gasteiger partial charge in [0.1, 0.15) is 12.4 Å². The van der Waals surface area contributed by atoms with Crippen molar-refractivity contribution in [3.63, 3.8) is 0 Å². The number of halogens is 1. The van der Waals surface area contributed by atoms with Gasteiger partial charge in [0.05, 0.1) is 0 Å². The van der Waals surface area contributed by atoms with Gasteiger partial charge in [-0.05, 0) is 35.9 Å². The van der Waals surface area contributed by atoms with Gasteiger partial charge in [-0.25, -0.2) is 4.39 Å². The van der Waals surface area contributed by atoms with Crippen LogP contribution in [0.25, 0.3) is 0 Å². The fourth-order valence-electron chi connectivity index (χ4n) is 1.60. The van der Waals surface area contributed by atoms with Gasteiger partial charge in [-0.1, -0.05) is 30.0 Å². The molecular formula is C16H13FOS. The molecule has 0 saturated heterocycles. The number of rotatable bonds is 3. The molecule has 2 rings (SSSR count). The number of aliphatic hydroxyl groups excluding tert-OH is 1. The van der Waals surface area contributed by atoms with Crippen LogP contribution in [0.5, 0.6) is 0 Å². The summed E-state index contributed by atoms with van der Waals surface area (Å²) in [7, 11) is 0. The highest BCUT2D eigenvalue weighted by Gasteiger charge is 1.98. The van der Waals surface area contributed by atoms with Crippen molar-refractivity contribution in [1.29, 1.82) is 0 Å². The highest BCUT2D eigenvalue weighted by atomic mass is 32.2. The monoisotopic (exact) mass is 272 g/mol. The van der Waals surface area contributed by atoms with Crippen molar-refractivity contribution < 1.29 is 9.50 Å². The van der Waals surface area contributed by atoms with Crippen LogP contribution in [0.3, 0.4) is 0 Å². The lowest BCUT2D eigenvalue weighted by molar-refractivity contribution is 0.350. The third-order valence-electron chi connectivity index (χ3n) is 2.44. The van der Waals surface area contributed by atoms with Gasteiger partial charge in [0, 0.05) is 16.2 Å². The minimum atomic E-state index is -0.215. The molecule has 2 aromatic rings. The summed E-state index contributed by atoms with van der Waals surface area (Å²) < 4.78 is 13.0. The second-order valence-electron chi connectivity index (χ2n) is 3.91. The van der Waals surface area contributed by atoms with E-state index in [1.807, 2.05) is 30.3 Å². The van der Waals surface area contributed by atoms with E-state index in [2.05, 4.69) is 11.8 Å². The second-order valence-corrected chi connectivity index (χ2v) is 4.96. The van der Waals surface area contributed by atoms with E-state index in [-0.39, 0.29) is 12.4 Å². The second kappa shape index (κ2) is 6.98. The zero-order valence-electron chi connectivity index (χ0n) is 10.3. The fraction of sp³-hybridized carbons (Fsp3) is 0.125. The Morgan fingerprint density at radius 3 is 2.74 bits per heavy atom. The number of benzene rings is 2. The molecule has 1 nitrogen and oxygen atoms in total. The van der Waals surface area contributed by atoms with Gasteiger partial charge in [-0.15, -0.1) is 11.8 Å². The third kappa shape index (κ3) is 4.44. The van der Waals surface area contributed by atoms with Crippen LogP contribution in [0, 0.1) is 17.7 Å². The smallest absolute Gasteiger partial charge is 0.124 e. The molecule has 0 unspecified atom stereocenters. The van der Waals surface area contributed by atoms with Crippen molar-refractivity contribution >= 4 is 11.8 Å². The van der Waals surface area contributed by atoms with Gasteiger partial charge in [0.2, 0.25) is 0 Å². The minimum Gasteiger partial charge on any atom is -0.384 e. The fourth-order valence-corrected chi connectivity index (χ4v) is 2.49. The molecule has 0 aromatic heterocycles. The average molecular weight is 272 g/mol. The molecule has 0 radical (unpaired) electrons. The molecule has 19 heavy (non-hydrogen) atoms. The summed E-state index contributed by atoms with van der Waals surface area (Å²) in [6.45, 7) is -0.137. The van der Waals surface area contributed by atoms with Crippen LogP contribution < -0.4 is 0 Å². The molecule has 0 saturated carbocycles. The molecule has 0 aliphatic carbocycles. The van der Waals surface area contributed by atoms with Crippen LogP contribution in [-0.2, 0) is 5.75 Å². The van der Waals surface area contributed by atoms with Crippen molar-refractivity contribution in [2.45, 2.75) is 10.6 Å². The Morgan fingerprint density at radius 1 is 1.11 bits per heavy atom. The number of thioether (sulfide) groups is 1. The van der Waals surface area contributed by atoms with E-state index in [4.69, 9.17) is 5.11 Å². The van der Waals surface area contributed by atoms with E-state index in [9.17, 15) is 4.39 Å². The van der Waals surface area contributed by atoms with E-state index < -0.39 is 0 Å². The molecule has 0 heterocycles. The molecule has 0 atom stereocenters. The van der Waals surface area contributed by atoms with Crippen LogP contribution in [-0.4, -0.2) is 11.7 Å². The highest BCUT2D eigenvalue weighted by Crippen LogP contribution is 2.23. The maximum atomic E-state index is 13.0. The zero-order valence-corrected chi connectivity index (χ0v) is 11.1. The van der Waals surface area contributed by atoms with Gasteiger partial charge in [-0.2, -0.15) is 0 Å². The van der Waals surface area contributed by atoms with E-state index >= 15 is 0 Å². The number of hydrogen-bond donors (Lipinski definition) is 1. The Morgan fingerprint density at radius 2 is 1.95 bits per heavy atom. The maximum Gasteiger partial charge on any atom is 0.124 e. The molecule has 3 heteroatoms. The van der Waals surface area contributed by atoms with Crippen molar-refractivity contribution in [2.24, 2.45) is 0 Å². The summed E-state index contributed by atoms with van der Waals surface area (Å²) >= 11 is 1.58. The number of hydrogen-bond acceptors (Lipinski definition) is 2. The van der Waals surface area contributed by atoms with Gasteiger partial charge >= 0.3 is 0 Å². The Kier molecular flexibility index (Phi) is 5.02. The molecule has 0 aliphatic heterocycles. The lowest BCUT2D eigenvalue weighted by Gasteiger charge is -2.03. The summed E-state index contributed by atoms with van der Waals surface area (Å²) in [6.07, 6.45) is 0. The van der Waals surface area contributed by atoms with Gasteiger partial charge in [0.25, 0.3) is 0 Å². The largest absolute Gasteiger partial charge is 0.384 e. The van der Waals surface area contributed by atoms with Crippen LogP contribution in [0.2, 0.25) is 0 Å². The van der Waals surface area contributed by atoms with Crippen molar-refractivity contribution in [3.05, 3.63) is 65.5 Å². The minimum absolute atomic E-state index is 0.137. The molecule has 96 valence electrons. The molecule has 0 amide bonds. The summed E-state index contributed by atoms with van der Waals surface area (Å²) in [5.74, 6) is 6.04. The molecule has 0 bridgehead atoms. The Hall–Kier alpha value is -1.76. The first kappa shape index (κ1) is 13.7. The first-order valence-electron chi connectivity index (χ1n) is 5.85. The van der Waals surface area contributed by atoms with Crippen LogP contribution in [0.1, 0.15) is 11.1 Å². The molecular weight excluding hydrogens is 259 g/mol. The third-order valence-corrected chi connectivity index (χ3v) is 3.51. The molecule has 0 aliphatic rings. The topological polar surface area (TPSA) is 20.2 Å². The summed E-state index contributed by atoms with van der Waals surface area (Å²) in [5, 5.41) is 8.66. The Balaban J connectivity index is 2.03. The van der Waals surface area contributed by atoms with Crippen molar-refractivity contribution in [2.75, 3.05) is 6.61 Å². The van der Waals surface area contributed by atoms with Crippen molar-refractivity contribution in [3.8, 4) is 11.8 Å². The molecule has 0 fully saturated rings. The predicted octanol–water partition coefficient (Wildman–Crippen LogP) is 3.46. The van der Waals surface area contributed by atoms with E-state index in [0.717, 1.165) is 21.8 Å². The SMILES string of the molecule is OCC#Cc1cccc(CSc2cccc(F)c2)c1. The Labute approximate surface area is 116 Å². The average Bonchev–Trinajstić information content (AvgIpc) is 2.43. The Bertz CT molecular complexity index is 613. The van der Waals surface area contributed by atoms with Gasteiger partial charge in [-0.3, -0.25) is 0 Å². The zero-order chi connectivity index (χ0) is 13.5. The molecule has 1 N–H and O–H groups in total. The molecule has 2 aromatic carbocycles. The normalized spacial score (nSPS) is 9.79. The van der Waals surface area contributed by atoms with Gasteiger partial charge < -0.3 is 5.11 Å². The lowest BCUT2D eigenvalue weighted by atomic mass is 10.1. The van der Waals surface area contributed by atoms with Crippen LogP contribution in [0.15, 0.2) is 53.4 Å². The summed E-state index contributed by atoms with van der Waals surface area (Å²) in [6, 6.07) is 14.4. The van der Waals surface area contributed by atoms with E-state index in [1.54, 1.807) is 17.8 Å².